The first-order valence-corrected chi connectivity index (χ1v) is 8.97. The van der Waals surface area contributed by atoms with E-state index in [1.807, 2.05) is 0 Å². The van der Waals surface area contributed by atoms with Crippen LogP contribution in [0.3, 0.4) is 0 Å². The van der Waals surface area contributed by atoms with Crippen LogP contribution in [-0.4, -0.2) is 27.2 Å². The van der Waals surface area contributed by atoms with Gasteiger partial charge in [0.25, 0.3) is 5.91 Å². The number of carbonyl (C=O) groups is 1. The number of nitro groups is 1. The molecule has 0 aliphatic carbocycles. The highest BCUT2D eigenvalue weighted by Crippen LogP contribution is 2.19. The fourth-order valence-corrected chi connectivity index (χ4v) is 2.74. The van der Waals surface area contributed by atoms with E-state index in [0.717, 1.165) is 12.1 Å². The van der Waals surface area contributed by atoms with Crippen LogP contribution in [0, 0.1) is 28.7 Å². The van der Waals surface area contributed by atoms with Gasteiger partial charge in [0.2, 0.25) is 0 Å². The predicted octanol–water partition coefficient (Wildman–Crippen LogP) is 3.39. The number of aromatic nitrogens is 2. The van der Waals surface area contributed by atoms with E-state index in [1.54, 1.807) is 31.2 Å². The molecule has 0 bridgehead atoms. The molecule has 0 atom stereocenters. The number of nitrogens with one attached hydrogen (secondary N) is 1. The number of hydrogen-bond donors (Lipinski definition) is 1. The molecule has 1 aromatic heterocycles. The van der Waals surface area contributed by atoms with Crippen LogP contribution in [0.1, 0.15) is 21.6 Å². The van der Waals surface area contributed by atoms with Gasteiger partial charge in [-0.05, 0) is 41.7 Å². The zero-order chi connectivity index (χ0) is 21.7. The van der Waals surface area contributed by atoms with Crippen molar-refractivity contribution in [2.75, 3.05) is 6.54 Å². The Morgan fingerprint density at radius 3 is 2.73 bits per heavy atom. The number of nitrogens with zero attached hydrogens (tertiary/aromatic N) is 3. The van der Waals surface area contributed by atoms with Crippen LogP contribution in [0.15, 0.2) is 48.5 Å². The molecule has 0 saturated heterocycles. The van der Waals surface area contributed by atoms with E-state index in [1.165, 1.54) is 16.8 Å². The molecule has 0 saturated carbocycles. The fourth-order valence-electron chi connectivity index (χ4n) is 2.74. The maximum Gasteiger partial charge on any atom is 0.390 e. The van der Waals surface area contributed by atoms with Crippen molar-refractivity contribution in [2.45, 2.75) is 20.1 Å². The van der Waals surface area contributed by atoms with Gasteiger partial charge < -0.3 is 20.2 Å². The molecule has 156 valence electrons. The molecule has 1 N–H and O–H groups in total. The number of hydrogen-bond acceptors (Lipinski definition) is 5. The Bertz CT molecular complexity index is 1080. The van der Waals surface area contributed by atoms with Gasteiger partial charge in [-0.25, -0.2) is 8.78 Å². The molecule has 0 aliphatic rings. The number of benzene rings is 2. The SMILES string of the molecule is Cc1cc([N+](=O)[O-])nn1CCNC(=O)c1cccc(COc2ccc(F)cc2F)c1. The first kappa shape index (κ1) is 20.9. The highest BCUT2D eigenvalue weighted by atomic mass is 19.1. The van der Waals surface area contributed by atoms with Crippen molar-refractivity contribution in [2.24, 2.45) is 0 Å². The van der Waals surface area contributed by atoms with Crippen LogP contribution >= 0.6 is 0 Å². The van der Waals surface area contributed by atoms with Gasteiger partial charge in [-0.3, -0.25) is 4.79 Å². The third-order valence-corrected chi connectivity index (χ3v) is 4.24. The minimum atomic E-state index is -0.807. The summed E-state index contributed by atoms with van der Waals surface area (Å²) in [5.41, 5.74) is 1.62. The summed E-state index contributed by atoms with van der Waals surface area (Å²) in [5, 5.41) is 17.3. The first-order chi connectivity index (χ1) is 14.3. The molecule has 2 aromatic carbocycles. The summed E-state index contributed by atoms with van der Waals surface area (Å²) in [6.07, 6.45) is 0. The number of ether oxygens (including phenoxy) is 1. The first-order valence-electron chi connectivity index (χ1n) is 8.97. The minimum Gasteiger partial charge on any atom is -0.486 e. The second kappa shape index (κ2) is 9.12. The van der Waals surface area contributed by atoms with Crippen molar-refractivity contribution in [3.63, 3.8) is 0 Å². The summed E-state index contributed by atoms with van der Waals surface area (Å²) in [6, 6.07) is 11.0. The second-order valence-electron chi connectivity index (χ2n) is 6.44. The fraction of sp³-hybridized carbons (Fsp3) is 0.200. The van der Waals surface area contributed by atoms with Crippen LogP contribution in [0.2, 0.25) is 0 Å². The average Bonchev–Trinajstić information content (AvgIpc) is 3.08. The monoisotopic (exact) mass is 416 g/mol. The third-order valence-electron chi connectivity index (χ3n) is 4.24. The molecule has 8 nitrogen and oxygen atoms in total. The number of amides is 1. The maximum atomic E-state index is 13.6. The molecule has 0 unspecified atom stereocenters. The Balaban J connectivity index is 1.56. The lowest BCUT2D eigenvalue weighted by Crippen LogP contribution is -2.27. The lowest BCUT2D eigenvalue weighted by atomic mass is 10.1. The lowest BCUT2D eigenvalue weighted by molar-refractivity contribution is -0.389. The van der Waals surface area contributed by atoms with E-state index in [0.29, 0.717) is 16.8 Å². The van der Waals surface area contributed by atoms with Gasteiger partial charge in [-0.1, -0.05) is 12.1 Å². The van der Waals surface area contributed by atoms with Crippen molar-refractivity contribution in [1.29, 1.82) is 0 Å². The van der Waals surface area contributed by atoms with Crippen LogP contribution in [-0.2, 0) is 13.2 Å². The molecule has 0 radical (unpaired) electrons. The van der Waals surface area contributed by atoms with Crippen molar-refractivity contribution in [3.05, 3.63) is 87.1 Å². The van der Waals surface area contributed by atoms with Crippen molar-refractivity contribution >= 4 is 11.7 Å². The second-order valence-corrected chi connectivity index (χ2v) is 6.44. The summed E-state index contributed by atoms with van der Waals surface area (Å²) >= 11 is 0. The van der Waals surface area contributed by atoms with Crippen molar-refractivity contribution in [3.8, 4) is 5.75 Å². The lowest BCUT2D eigenvalue weighted by Gasteiger charge is -2.09. The van der Waals surface area contributed by atoms with Crippen LogP contribution in [0.25, 0.3) is 0 Å². The van der Waals surface area contributed by atoms with E-state index in [9.17, 15) is 23.7 Å². The molecular weight excluding hydrogens is 398 g/mol. The van der Waals surface area contributed by atoms with Gasteiger partial charge in [0.15, 0.2) is 11.6 Å². The maximum absolute atomic E-state index is 13.6. The van der Waals surface area contributed by atoms with Crippen molar-refractivity contribution in [1.82, 2.24) is 15.1 Å². The number of carbonyl (C=O) groups excluding carboxylic acids is 1. The average molecular weight is 416 g/mol. The molecule has 1 amide bonds. The number of rotatable bonds is 8. The molecule has 30 heavy (non-hydrogen) atoms. The third kappa shape index (κ3) is 5.16. The van der Waals surface area contributed by atoms with Crippen LogP contribution < -0.4 is 10.1 Å². The quantitative estimate of drug-likeness (QED) is 0.448. The van der Waals surface area contributed by atoms with E-state index < -0.39 is 16.6 Å². The van der Waals surface area contributed by atoms with E-state index in [4.69, 9.17) is 4.74 Å². The molecule has 1 heterocycles. The van der Waals surface area contributed by atoms with Gasteiger partial charge >= 0.3 is 5.82 Å². The summed E-state index contributed by atoms with van der Waals surface area (Å²) in [4.78, 5) is 22.5. The van der Waals surface area contributed by atoms with Gasteiger partial charge in [0, 0.05) is 18.2 Å². The highest BCUT2D eigenvalue weighted by molar-refractivity contribution is 5.94. The zero-order valence-corrected chi connectivity index (χ0v) is 16.0. The molecule has 0 aliphatic heterocycles. The molecule has 3 aromatic rings. The zero-order valence-electron chi connectivity index (χ0n) is 16.0. The summed E-state index contributed by atoms with van der Waals surface area (Å²) in [5.74, 6) is -2.18. The number of aryl methyl sites for hydroxylation is 1. The summed E-state index contributed by atoms with van der Waals surface area (Å²) in [7, 11) is 0. The largest absolute Gasteiger partial charge is 0.486 e. The summed E-state index contributed by atoms with van der Waals surface area (Å²) < 4.78 is 33.4. The molecule has 0 spiro atoms. The van der Waals surface area contributed by atoms with Gasteiger partial charge in [0.05, 0.1) is 23.4 Å². The Labute approximate surface area is 170 Å². The standard InChI is InChI=1S/C20H18F2N4O4/c1-13-9-19(26(28)29)24-25(13)8-7-23-20(27)15-4-2-3-14(10-15)12-30-18-6-5-16(21)11-17(18)22/h2-6,9-11H,7-8,12H2,1H3,(H,23,27). The van der Waals surface area contributed by atoms with E-state index in [2.05, 4.69) is 10.4 Å². The summed E-state index contributed by atoms with van der Waals surface area (Å²) in [6.45, 7) is 2.19. The van der Waals surface area contributed by atoms with E-state index >= 15 is 0 Å². The van der Waals surface area contributed by atoms with Crippen LogP contribution in [0.5, 0.6) is 5.75 Å². The topological polar surface area (TPSA) is 99.3 Å². The van der Waals surface area contributed by atoms with E-state index in [-0.39, 0.29) is 37.2 Å². The van der Waals surface area contributed by atoms with Crippen molar-refractivity contribution < 1.29 is 23.2 Å². The predicted molar refractivity (Wildman–Crippen MR) is 103 cm³/mol. The Morgan fingerprint density at radius 2 is 2.03 bits per heavy atom. The Kier molecular flexibility index (Phi) is 6.35. The molecule has 0 fully saturated rings. The molecule has 10 heteroatoms. The highest BCUT2D eigenvalue weighted by Gasteiger charge is 2.15. The molecule has 3 rings (SSSR count). The Hall–Kier alpha value is -3.82. The van der Waals surface area contributed by atoms with Gasteiger partial charge in [0.1, 0.15) is 12.4 Å². The molecular formula is C20H18F2N4O4. The van der Waals surface area contributed by atoms with Gasteiger partial charge in [-0.15, -0.1) is 0 Å². The number of halogens is 2. The van der Waals surface area contributed by atoms with Crippen LogP contribution in [0.4, 0.5) is 14.6 Å². The minimum absolute atomic E-state index is 0.000177. The smallest absolute Gasteiger partial charge is 0.390 e. The van der Waals surface area contributed by atoms with Gasteiger partial charge in [-0.2, -0.15) is 4.68 Å². The normalized spacial score (nSPS) is 10.6. The Morgan fingerprint density at radius 1 is 1.23 bits per heavy atom.